The summed E-state index contributed by atoms with van der Waals surface area (Å²) >= 11 is 4.40. The quantitative estimate of drug-likeness (QED) is 0.759. The Labute approximate surface area is 140 Å². The first kappa shape index (κ1) is 15.0. The van der Waals surface area contributed by atoms with Crippen molar-refractivity contribution in [3.63, 3.8) is 0 Å². The van der Waals surface area contributed by atoms with Crippen LogP contribution >= 0.6 is 27.7 Å². The second kappa shape index (κ2) is 6.46. The molecule has 2 heterocycles. The van der Waals surface area contributed by atoms with Gasteiger partial charge in [0, 0.05) is 16.9 Å². The molecule has 0 atom stereocenters. The molecule has 0 aliphatic carbocycles. The van der Waals surface area contributed by atoms with Crippen molar-refractivity contribution in [3.8, 4) is 0 Å². The van der Waals surface area contributed by atoms with E-state index in [0.29, 0.717) is 4.91 Å². The van der Waals surface area contributed by atoms with Gasteiger partial charge < -0.3 is 0 Å². The average Bonchev–Trinajstić information content (AvgIpc) is 2.78. The van der Waals surface area contributed by atoms with Crippen LogP contribution in [-0.4, -0.2) is 21.0 Å². The summed E-state index contributed by atoms with van der Waals surface area (Å²) in [7, 11) is 0. The fourth-order valence-electron chi connectivity index (χ4n) is 2.04. The highest BCUT2D eigenvalue weighted by atomic mass is 79.9. The maximum atomic E-state index is 12.4. The molecule has 1 aliphatic rings. The van der Waals surface area contributed by atoms with Crippen LogP contribution in [0.15, 0.2) is 58.2 Å². The van der Waals surface area contributed by atoms with Crippen molar-refractivity contribution in [1.82, 2.24) is 9.88 Å². The first-order valence-corrected chi connectivity index (χ1v) is 8.15. The minimum Gasteiger partial charge on any atom is -0.268 e. The molecule has 0 unspecified atom stereocenters. The predicted molar refractivity (Wildman–Crippen MR) is 89.9 cm³/mol. The second-order valence-electron chi connectivity index (χ2n) is 4.64. The van der Waals surface area contributed by atoms with Crippen LogP contribution in [0.3, 0.4) is 0 Å². The molecular formula is C16H11BrN2O2S. The number of aromatic nitrogens is 1. The number of benzene rings is 1. The third-order valence-electron chi connectivity index (χ3n) is 3.16. The first-order valence-electron chi connectivity index (χ1n) is 6.54. The summed E-state index contributed by atoms with van der Waals surface area (Å²) in [5, 5.41) is -0.249. The van der Waals surface area contributed by atoms with Crippen molar-refractivity contribution in [3.05, 3.63) is 69.3 Å². The summed E-state index contributed by atoms with van der Waals surface area (Å²) in [6, 6.07) is 11.1. The van der Waals surface area contributed by atoms with Gasteiger partial charge in [-0.3, -0.25) is 19.5 Å². The normalized spacial score (nSPS) is 16.6. The molecule has 110 valence electrons. The highest BCUT2D eigenvalue weighted by molar-refractivity contribution is 9.10. The van der Waals surface area contributed by atoms with E-state index in [9.17, 15) is 9.59 Å². The maximum Gasteiger partial charge on any atom is 0.293 e. The topological polar surface area (TPSA) is 50.3 Å². The van der Waals surface area contributed by atoms with Crippen LogP contribution in [0.2, 0.25) is 0 Å². The van der Waals surface area contributed by atoms with Gasteiger partial charge in [0.15, 0.2) is 0 Å². The second-order valence-corrected chi connectivity index (χ2v) is 6.49. The minimum absolute atomic E-state index is 0.249. The van der Waals surface area contributed by atoms with Crippen molar-refractivity contribution in [1.29, 1.82) is 0 Å². The van der Waals surface area contributed by atoms with Gasteiger partial charge in [-0.25, -0.2) is 0 Å². The Hall–Kier alpha value is -1.92. The molecule has 1 fully saturated rings. The largest absolute Gasteiger partial charge is 0.293 e. The summed E-state index contributed by atoms with van der Waals surface area (Å²) in [4.78, 5) is 30.1. The van der Waals surface area contributed by atoms with Crippen LogP contribution in [-0.2, 0) is 11.3 Å². The molecule has 1 aromatic carbocycles. The Morgan fingerprint density at radius 2 is 1.86 bits per heavy atom. The third-order valence-corrected chi connectivity index (χ3v) is 4.84. The lowest BCUT2D eigenvalue weighted by Crippen LogP contribution is -2.27. The van der Waals surface area contributed by atoms with E-state index in [-0.39, 0.29) is 17.7 Å². The molecule has 1 aliphatic heterocycles. The number of thioether (sulfide) groups is 1. The van der Waals surface area contributed by atoms with Crippen LogP contribution in [0.25, 0.3) is 6.08 Å². The van der Waals surface area contributed by atoms with Crippen LogP contribution in [0, 0.1) is 0 Å². The summed E-state index contributed by atoms with van der Waals surface area (Å²) in [5.74, 6) is -0.262. The molecule has 2 amide bonds. The van der Waals surface area contributed by atoms with E-state index < -0.39 is 0 Å². The smallest absolute Gasteiger partial charge is 0.268 e. The zero-order valence-electron chi connectivity index (χ0n) is 11.4. The van der Waals surface area contributed by atoms with Gasteiger partial charge in [-0.2, -0.15) is 0 Å². The van der Waals surface area contributed by atoms with Crippen LogP contribution < -0.4 is 0 Å². The molecule has 0 saturated carbocycles. The zero-order chi connectivity index (χ0) is 15.5. The van der Waals surface area contributed by atoms with Gasteiger partial charge in [0.25, 0.3) is 11.1 Å². The number of imide groups is 1. The molecule has 4 nitrogen and oxygen atoms in total. The fraction of sp³-hybridized carbons (Fsp3) is 0.0625. The monoisotopic (exact) mass is 374 g/mol. The van der Waals surface area contributed by atoms with Gasteiger partial charge in [0.1, 0.15) is 0 Å². The van der Waals surface area contributed by atoms with Gasteiger partial charge in [0.05, 0.1) is 11.4 Å². The molecule has 0 radical (unpaired) electrons. The standard InChI is InChI=1S/C16H11BrN2O2S/c17-13-4-2-1-3-12(13)10-19-15(20)14(22-16(19)21)9-11-5-7-18-8-6-11/h1-9H,10H2/b14-9-. The highest BCUT2D eigenvalue weighted by Crippen LogP contribution is 2.34. The van der Waals surface area contributed by atoms with Crippen LogP contribution in [0.5, 0.6) is 0 Å². The van der Waals surface area contributed by atoms with Crippen molar-refractivity contribution in [2.45, 2.75) is 6.54 Å². The number of hydrogen-bond acceptors (Lipinski definition) is 4. The number of hydrogen-bond donors (Lipinski definition) is 0. The van der Waals surface area contributed by atoms with E-state index in [4.69, 9.17) is 0 Å². The van der Waals surface area contributed by atoms with Gasteiger partial charge in [-0.1, -0.05) is 34.1 Å². The van der Waals surface area contributed by atoms with Crippen molar-refractivity contribution in [2.24, 2.45) is 0 Å². The number of carbonyl (C=O) groups is 2. The maximum absolute atomic E-state index is 12.4. The Kier molecular flexibility index (Phi) is 4.40. The molecule has 0 spiro atoms. The average molecular weight is 375 g/mol. The molecule has 1 aromatic heterocycles. The molecule has 3 rings (SSSR count). The lowest BCUT2D eigenvalue weighted by atomic mass is 10.2. The van der Waals surface area contributed by atoms with E-state index in [0.717, 1.165) is 27.4 Å². The van der Waals surface area contributed by atoms with E-state index in [2.05, 4.69) is 20.9 Å². The number of carbonyl (C=O) groups excluding carboxylic acids is 2. The van der Waals surface area contributed by atoms with Gasteiger partial charge in [-0.05, 0) is 47.2 Å². The van der Waals surface area contributed by atoms with Crippen LogP contribution in [0.4, 0.5) is 4.79 Å². The Morgan fingerprint density at radius 3 is 2.59 bits per heavy atom. The summed E-state index contributed by atoms with van der Waals surface area (Å²) in [6.45, 7) is 0.264. The molecule has 22 heavy (non-hydrogen) atoms. The van der Waals surface area contributed by atoms with Crippen LogP contribution in [0.1, 0.15) is 11.1 Å². The van der Waals surface area contributed by atoms with Crippen molar-refractivity contribution in [2.75, 3.05) is 0 Å². The molecule has 1 saturated heterocycles. The Morgan fingerprint density at radius 1 is 1.14 bits per heavy atom. The molecule has 6 heteroatoms. The number of rotatable bonds is 3. The number of pyridine rings is 1. The lowest BCUT2D eigenvalue weighted by Gasteiger charge is -2.13. The first-order chi connectivity index (χ1) is 10.6. The van der Waals surface area contributed by atoms with E-state index in [1.165, 1.54) is 4.90 Å². The molecule has 2 aromatic rings. The molecular weight excluding hydrogens is 364 g/mol. The van der Waals surface area contributed by atoms with Gasteiger partial charge in [-0.15, -0.1) is 0 Å². The third kappa shape index (κ3) is 3.13. The Bertz CT molecular complexity index is 762. The highest BCUT2D eigenvalue weighted by Gasteiger charge is 2.35. The molecule has 0 bridgehead atoms. The summed E-state index contributed by atoms with van der Waals surface area (Å²) in [5.41, 5.74) is 1.75. The summed E-state index contributed by atoms with van der Waals surface area (Å²) < 4.78 is 0.882. The molecule has 0 N–H and O–H groups in total. The summed E-state index contributed by atoms with van der Waals surface area (Å²) in [6.07, 6.45) is 5.01. The van der Waals surface area contributed by atoms with E-state index in [1.54, 1.807) is 30.6 Å². The van der Waals surface area contributed by atoms with E-state index in [1.807, 2.05) is 24.3 Å². The lowest BCUT2D eigenvalue weighted by molar-refractivity contribution is -0.123. The fourth-order valence-corrected chi connectivity index (χ4v) is 3.29. The van der Waals surface area contributed by atoms with Gasteiger partial charge >= 0.3 is 0 Å². The number of nitrogens with zero attached hydrogens (tertiary/aromatic N) is 2. The SMILES string of the molecule is O=C1S/C(=C\c2ccncc2)C(=O)N1Cc1ccccc1Br. The van der Waals surface area contributed by atoms with Gasteiger partial charge in [0.2, 0.25) is 0 Å². The van der Waals surface area contributed by atoms with E-state index >= 15 is 0 Å². The zero-order valence-corrected chi connectivity index (χ0v) is 13.8. The number of halogens is 1. The van der Waals surface area contributed by atoms with Crippen molar-refractivity contribution < 1.29 is 9.59 Å². The van der Waals surface area contributed by atoms with Crippen molar-refractivity contribution >= 4 is 44.9 Å². The minimum atomic E-state index is -0.262. The number of amides is 2. The Balaban J connectivity index is 1.83. The predicted octanol–water partition coefficient (Wildman–Crippen LogP) is 4.08.